The normalized spacial score (nSPS) is 21.2. The minimum atomic E-state index is -0.712. The summed E-state index contributed by atoms with van der Waals surface area (Å²) in [5, 5.41) is 8.18. The van der Waals surface area contributed by atoms with Crippen molar-refractivity contribution in [2.75, 3.05) is 13.1 Å². The summed E-state index contributed by atoms with van der Waals surface area (Å²) >= 11 is 0. The van der Waals surface area contributed by atoms with E-state index in [1.165, 1.54) is 6.07 Å². The number of primary amides is 1. The highest BCUT2D eigenvalue weighted by Gasteiger charge is 2.16. The van der Waals surface area contributed by atoms with E-state index in [2.05, 4.69) is 10.4 Å². The van der Waals surface area contributed by atoms with Gasteiger partial charge in [-0.2, -0.15) is 5.10 Å². The Morgan fingerprint density at radius 2 is 2.16 bits per heavy atom. The molecule has 4 rings (SSSR count). The number of benzene rings is 2. The van der Waals surface area contributed by atoms with E-state index < -0.39 is 17.6 Å². The van der Waals surface area contributed by atoms with E-state index in [9.17, 15) is 9.18 Å². The first-order valence-electron chi connectivity index (χ1n) is 8.77. The van der Waals surface area contributed by atoms with Crippen molar-refractivity contribution in [1.82, 2.24) is 15.1 Å². The van der Waals surface area contributed by atoms with Crippen LogP contribution in [0.15, 0.2) is 42.6 Å². The van der Waals surface area contributed by atoms with E-state index >= 15 is 0 Å². The topological polar surface area (TPSA) is 72.9 Å². The zero-order valence-electron chi connectivity index (χ0n) is 14.6. The molecule has 5 nitrogen and oxygen atoms in total. The van der Waals surface area contributed by atoms with Crippen molar-refractivity contribution in [2.45, 2.75) is 18.7 Å². The largest absolute Gasteiger partial charge is 0.366 e. The zero-order valence-corrected chi connectivity index (χ0v) is 13.6. The smallest absolute Gasteiger partial charge is 0.251 e. The van der Waals surface area contributed by atoms with Crippen molar-refractivity contribution in [3.05, 3.63) is 59.5 Å². The molecule has 0 saturated carbocycles. The lowest BCUT2D eigenvalue weighted by atomic mass is 9.92. The quantitative estimate of drug-likeness (QED) is 0.771. The molecule has 1 aliphatic heterocycles. The fourth-order valence-electron chi connectivity index (χ4n) is 3.27. The molecule has 6 heteroatoms. The van der Waals surface area contributed by atoms with E-state index in [-0.39, 0.29) is 5.56 Å². The molecule has 0 spiro atoms. The van der Waals surface area contributed by atoms with Gasteiger partial charge in [-0.3, -0.25) is 4.79 Å². The van der Waals surface area contributed by atoms with Crippen molar-refractivity contribution >= 4 is 16.8 Å². The number of hydrogen-bond acceptors (Lipinski definition) is 3. The number of hydrogen-bond donors (Lipinski definition) is 2. The summed E-state index contributed by atoms with van der Waals surface area (Å²) in [6.07, 6.45) is 3.47. The Morgan fingerprint density at radius 1 is 1.36 bits per heavy atom. The number of nitrogens with one attached hydrogen (secondary N) is 1. The molecule has 1 amide bonds. The lowest BCUT2D eigenvalue weighted by Gasteiger charge is -2.23. The van der Waals surface area contributed by atoms with Crippen LogP contribution in [0.2, 0.25) is 0 Å². The van der Waals surface area contributed by atoms with E-state index in [0.29, 0.717) is 17.4 Å². The van der Waals surface area contributed by atoms with Gasteiger partial charge in [-0.15, -0.1) is 0 Å². The summed E-state index contributed by atoms with van der Waals surface area (Å²) in [7, 11) is 0. The van der Waals surface area contributed by atoms with Crippen molar-refractivity contribution in [2.24, 2.45) is 5.73 Å². The summed E-state index contributed by atoms with van der Waals surface area (Å²) < 4.78 is 23.9. The Balaban J connectivity index is 1.72. The van der Waals surface area contributed by atoms with Crippen molar-refractivity contribution in [3.8, 4) is 5.69 Å². The molecule has 0 bridgehead atoms. The van der Waals surface area contributed by atoms with Gasteiger partial charge in [0.1, 0.15) is 11.3 Å². The number of carbonyl (C=O) groups excluding carboxylic acids is 1. The highest BCUT2D eigenvalue weighted by Crippen LogP contribution is 2.25. The highest BCUT2D eigenvalue weighted by molar-refractivity contribution is 6.04. The molecule has 1 atom stereocenters. The average molecular weight is 339 g/mol. The molecule has 25 heavy (non-hydrogen) atoms. The first-order chi connectivity index (χ1) is 12.5. The van der Waals surface area contributed by atoms with Crippen LogP contribution in [-0.2, 0) is 0 Å². The number of rotatable bonds is 3. The van der Waals surface area contributed by atoms with Crippen LogP contribution in [0.25, 0.3) is 16.6 Å². The first kappa shape index (κ1) is 14.6. The molecule has 128 valence electrons. The summed E-state index contributed by atoms with van der Waals surface area (Å²) in [5.41, 5.74) is 7.49. The predicted octanol–water partition coefficient (Wildman–Crippen LogP) is 2.73. The van der Waals surface area contributed by atoms with Crippen molar-refractivity contribution < 1.29 is 10.6 Å². The Kier molecular flexibility index (Phi) is 3.67. The second-order valence-corrected chi connectivity index (χ2v) is 6.26. The molecule has 3 aromatic rings. The standard InChI is InChI=1S/C19H19FN4O/c20-15-8-14-11-24(23-18(14)17(9-15)19(21)25)16-5-3-12(4-6-16)13-2-1-7-22-10-13/h3-6,8-9,11,13,22H,1-2,7,10H2,(H2,21,25)/i13D. The monoisotopic (exact) mass is 339 g/mol. The van der Waals surface area contributed by atoms with Gasteiger partial charge in [0.05, 0.1) is 11.3 Å². The summed E-state index contributed by atoms with van der Waals surface area (Å²) in [6.45, 7) is 1.59. The maximum atomic E-state index is 13.7. The van der Waals surface area contributed by atoms with Crippen LogP contribution in [0.4, 0.5) is 4.39 Å². The number of piperidine rings is 1. The van der Waals surface area contributed by atoms with Gasteiger partial charge >= 0.3 is 0 Å². The van der Waals surface area contributed by atoms with Crippen LogP contribution < -0.4 is 11.1 Å². The van der Waals surface area contributed by atoms with Gasteiger partial charge in [0, 0.05) is 19.5 Å². The SMILES string of the molecule is [2H]C1(c2ccc(-n3cc4cc(F)cc(C(N)=O)c4n3)cc2)CCCNC1. The molecule has 0 aliphatic carbocycles. The molecule has 1 aliphatic rings. The van der Waals surface area contributed by atoms with Crippen LogP contribution in [-0.4, -0.2) is 28.8 Å². The van der Waals surface area contributed by atoms with Crippen LogP contribution in [0.1, 0.15) is 36.0 Å². The number of nitrogens with two attached hydrogens (primary N) is 1. The third-order valence-corrected chi connectivity index (χ3v) is 4.55. The summed E-state index contributed by atoms with van der Waals surface area (Å²) in [4.78, 5) is 11.5. The second-order valence-electron chi connectivity index (χ2n) is 6.26. The minimum absolute atomic E-state index is 0.0637. The van der Waals surface area contributed by atoms with Gasteiger partial charge in [-0.05, 0) is 55.1 Å². The summed E-state index contributed by atoms with van der Waals surface area (Å²) in [6, 6.07) is 10.0. The lowest BCUT2D eigenvalue weighted by Crippen LogP contribution is -2.28. The fraction of sp³-hybridized carbons (Fsp3) is 0.263. The first-order valence-corrected chi connectivity index (χ1v) is 8.27. The van der Waals surface area contributed by atoms with Crippen LogP contribution in [0.5, 0.6) is 0 Å². The predicted molar refractivity (Wildman–Crippen MR) is 94.4 cm³/mol. The molecule has 1 fully saturated rings. The lowest BCUT2D eigenvalue weighted by molar-refractivity contribution is 0.100. The Morgan fingerprint density at radius 3 is 2.84 bits per heavy atom. The van der Waals surface area contributed by atoms with E-state index in [0.717, 1.165) is 36.7 Å². The Bertz CT molecular complexity index is 977. The van der Waals surface area contributed by atoms with Crippen LogP contribution in [0.3, 0.4) is 0 Å². The maximum absolute atomic E-state index is 13.7. The van der Waals surface area contributed by atoms with E-state index in [4.69, 9.17) is 7.10 Å². The average Bonchev–Trinajstić information content (AvgIpc) is 3.05. The molecule has 1 saturated heterocycles. The summed E-state index contributed by atoms with van der Waals surface area (Å²) in [5.74, 6) is -1.85. The number of nitrogens with zero attached hydrogens (tertiary/aromatic N) is 2. The molecule has 1 aromatic heterocycles. The number of fused-ring (bicyclic) bond motifs is 1. The minimum Gasteiger partial charge on any atom is -0.366 e. The Labute approximate surface area is 146 Å². The number of amides is 1. The van der Waals surface area contributed by atoms with Gasteiger partial charge in [0.15, 0.2) is 0 Å². The number of carbonyl (C=O) groups is 1. The molecule has 2 heterocycles. The third-order valence-electron chi connectivity index (χ3n) is 4.55. The van der Waals surface area contributed by atoms with Gasteiger partial charge in [0.25, 0.3) is 5.91 Å². The second kappa shape index (κ2) is 6.29. The van der Waals surface area contributed by atoms with Crippen LogP contribution >= 0.6 is 0 Å². The van der Waals surface area contributed by atoms with Crippen molar-refractivity contribution in [3.63, 3.8) is 0 Å². The van der Waals surface area contributed by atoms with Gasteiger partial charge in [-0.25, -0.2) is 9.07 Å². The molecule has 0 radical (unpaired) electrons. The van der Waals surface area contributed by atoms with Gasteiger partial charge in [-0.1, -0.05) is 12.1 Å². The van der Waals surface area contributed by atoms with Crippen molar-refractivity contribution in [1.29, 1.82) is 0 Å². The molecule has 1 unspecified atom stereocenters. The molecular formula is C19H19FN4O. The van der Waals surface area contributed by atoms with Crippen LogP contribution in [0, 0.1) is 5.82 Å². The van der Waals surface area contributed by atoms with Gasteiger partial charge in [0.2, 0.25) is 0 Å². The molecule has 2 aromatic carbocycles. The van der Waals surface area contributed by atoms with Gasteiger partial charge < -0.3 is 11.1 Å². The maximum Gasteiger partial charge on any atom is 0.251 e. The highest BCUT2D eigenvalue weighted by atomic mass is 19.1. The number of aromatic nitrogens is 2. The zero-order chi connectivity index (χ0) is 18.3. The fourth-order valence-corrected chi connectivity index (χ4v) is 3.27. The number of halogens is 1. The molecule has 3 N–H and O–H groups in total. The Hall–Kier alpha value is -2.73. The molecular weight excluding hydrogens is 319 g/mol. The van der Waals surface area contributed by atoms with E-state index in [1.54, 1.807) is 10.9 Å². The third kappa shape index (κ3) is 3.00. The van der Waals surface area contributed by atoms with E-state index in [1.807, 2.05) is 24.3 Å².